The first kappa shape index (κ1) is 22.7. The second-order valence-electron chi connectivity index (χ2n) is 7.64. The Bertz CT molecular complexity index is 1060. The number of anilines is 1. The molecule has 0 saturated carbocycles. The lowest BCUT2D eigenvalue weighted by Crippen LogP contribution is -2.35. The van der Waals surface area contributed by atoms with E-state index in [0.717, 1.165) is 24.8 Å². The van der Waals surface area contributed by atoms with E-state index in [9.17, 15) is 23.3 Å². The molecule has 0 spiro atoms. The number of sulfonamides is 1. The Morgan fingerprint density at radius 3 is 2.32 bits per heavy atom. The molecule has 1 amide bonds. The Kier molecular flexibility index (Phi) is 6.91. The molecule has 1 N–H and O–H groups in total. The Morgan fingerprint density at radius 1 is 1.10 bits per heavy atom. The number of non-ortho nitro benzene ring substituents is 1. The quantitative estimate of drug-likeness (QED) is 0.517. The second kappa shape index (κ2) is 9.44. The van der Waals surface area contributed by atoms with Crippen molar-refractivity contribution in [2.45, 2.75) is 30.7 Å². The smallest absolute Gasteiger partial charge is 0.270 e. The number of nitrogens with zero attached hydrogens (tertiary/aromatic N) is 3. The molecule has 31 heavy (non-hydrogen) atoms. The molecule has 0 unspecified atom stereocenters. The first-order valence-electron chi connectivity index (χ1n) is 10.0. The maximum absolute atomic E-state index is 12.7. The van der Waals surface area contributed by atoms with Gasteiger partial charge in [-0.1, -0.05) is 18.6 Å². The lowest BCUT2D eigenvalue weighted by Gasteiger charge is -2.25. The van der Waals surface area contributed by atoms with Gasteiger partial charge in [-0.05, 0) is 36.6 Å². The number of piperidine rings is 1. The number of nitro groups is 1. The summed E-state index contributed by atoms with van der Waals surface area (Å²) >= 11 is 0. The lowest BCUT2D eigenvalue weighted by atomic mass is 10.1. The minimum atomic E-state index is -3.50. The number of hydrogen-bond acceptors (Lipinski definition) is 6. The van der Waals surface area contributed by atoms with Gasteiger partial charge in [0.1, 0.15) is 0 Å². The van der Waals surface area contributed by atoms with E-state index in [1.165, 1.54) is 22.5 Å². The van der Waals surface area contributed by atoms with Gasteiger partial charge in [-0.3, -0.25) is 14.9 Å². The maximum Gasteiger partial charge on any atom is 0.270 e. The van der Waals surface area contributed by atoms with Crippen LogP contribution >= 0.6 is 0 Å². The Balaban J connectivity index is 1.71. The third-order valence-electron chi connectivity index (χ3n) is 5.25. The summed E-state index contributed by atoms with van der Waals surface area (Å²) in [6.07, 6.45) is 2.79. The molecule has 0 atom stereocenters. The van der Waals surface area contributed by atoms with Crippen molar-refractivity contribution in [3.63, 3.8) is 0 Å². The normalized spacial score (nSPS) is 14.8. The number of carbonyl (C=O) groups is 1. The van der Waals surface area contributed by atoms with Crippen LogP contribution in [0, 0.1) is 10.1 Å². The van der Waals surface area contributed by atoms with Gasteiger partial charge < -0.3 is 10.2 Å². The van der Waals surface area contributed by atoms with Crippen LogP contribution in [0.1, 0.15) is 35.2 Å². The van der Waals surface area contributed by atoms with Gasteiger partial charge in [0, 0.05) is 51.5 Å². The average molecular weight is 447 g/mol. The molecule has 1 aliphatic rings. The molecule has 0 aliphatic carbocycles. The van der Waals surface area contributed by atoms with E-state index in [4.69, 9.17) is 0 Å². The summed E-state index contributed by atoms with van der Waals surface area (Å²) in [7, 11) is -0.00558. The fourth-order valence-electron chi connectivity index (χ4n) is 3.52. The first-order chi connectivity index (χ1) is 14.7. The van der Waals surface area contributed by atoms with Crippen LogP contribution in [0.5, 0.6) is 0 Å². The summed E-state index contributed by atoms with van der Waals surface area (Å²) in [5.74, 6) is -0.447. The second-order valence-corrected chi connectivity index (χ2v) is 9.58. The highest BCUT2D eigenvalue weighted by atomic mass is 32.2. The van der Waals surface area contributed by atoms with Crippen LogP contribution in [0.3, 0.4) is 0 Å². The van der Waals surface area contributed by atoms with Gasteiger partial charge >= 0.3 is 0 Å². The molecule has 1 saturated heterocycles. The first-order valence-corrected chi connectivity index (χ1v) is 11.5. The molecule has 1 aliphatic heterocycles. The highest BCUT2D eigenvalue weighted by molar-refractivity contribution is 7.89. The number of amides is 1. The molecule has 0 radical (unpaired) electrons. The van der Waals surface area contributed by atoms with Gasteiger partial charge in [0.05, 0.1) is 15.4 Å². The number of nitrogens with one attached hydrogen (secondary N) is 1. The monoisotopic (exact) mass is 446 g/mol. The van der Waals surface area contributed by atoms with Crippen LogP contribution in [-0.2, 0) is 16.6 Å². The summed E-state index contributed by atoms with van der Waals surface area (Å²) in [4.78, 5) is 25.2. The van der Waals surface area contributed by atoms with Crippen molar-refractivity contribution in [1.29, 1.82) is 0 Å². The molecule has 2 aromatic rings. The van der Waals surface area contributed by atoms with E-state index in [1.54, 1.807) is 43.3 Å². The summed E-state index contributed by atoms with van der Waals surface area (Å²) in [5.41, 5.74) is 1.32. The third-order valence-corrected chi connectivity index (χ3v) is 7.16. The van der Waals surface area contributed by atoms with Crippen LogP contribution < -0.4 is 10.2 Å². The van der Waals surface area contributed by atoms with E-state index in [2.05, 4.69) is 5.32 Å². The van der Waals surface area contributed by atoms with Crippen molar-refractivity contribution in [3.05, 3.63) is 63.7 Å². The van der Waals surface area contributed by atoms with Gasteiger partial charge in [-0.15, -0.1) is 0 Å². The fourth-order valence-corrected chi connectivity index (χ4v) is 5.04. The molecule has 9 nitrogen and oxygen atoms in total. The maximum atomic E-state index is 12.7. The zero-order valence-electron chi connectivity index (χ0n) is 17.6. The number of nitro benzene ring substituents is 1. The molecule has 2 aromatic carbocycles. The Labute approximate surface area is 181 Å². The number of benzene rings is 2. The van der Waals surface area contributed by atoms with E-state index in [0.29, 0.717) is 18.8 Å². The van der Waals surface area contributed by atoms with Crippen LogP contribution in [-0.4, -0.2) is 50.7 Å². The predicted molar refractivity (Wildman–Crippen MR) is 118 cm³/mol. The van der Waals surface area contributed by atoms with Crippen molar-refractivity contribution < 1.29 is 18.1 Å². The highest BCUT2D eigenvalue weighted by Gasteiger charge is 2.25. The summed E-state index contributed by atoms with van der Waals surface area (Å²) in [6.45, 7) is 1.24. The standard InChI is InChI=1S/C21H26N4O5S/c1-23(2)20-11-8-17(25(27)28)14-19(20)21(26)22-15-16-6-9-18(10-7-16)31(29,30)24-12-4-3-5-13-24/h6-11,14H,3-5,12-13,15H2,1-2H3,(H,22,26). The van der Waals surface area contributed by atoms with Gasteiger partial charge in [-0.2, -0.15) is 4.31 Å². The van der Waals surface area contributed by atoms with Gasteiger partial charge in [-0.25, -0.2) is 8.42 Å². The van der Waals surface area contributed by atoms with Crippen molar-refractivity contribution in [2.75, 3.05) is 32.1 Å². The molecule has 0 bridgehead atoms. The molecule has 1 fully saturated rings. The summed E-state index contributed by atoms with van der Waals surface area (Å²) in [5, 5.41) is 13.8. The van der Waals surface area contributed by atoms with Crippen molar-refractivity contribution >= 4 is 27.3 Å². The third kappa shape index (κ3) is 5.20. The number of hydrogen-bond donors (Lipinski definition) is 1. The van der Waals surface area contributed by atoms with E-state index >= 15 is 0 Å². The number of rotatable bonds is 7. The van der Waals surface area contributed by atoms with E-state index < -0.39 is 20.9 Å². The largest absolute Gasteiger partial charge is 0.377 e. The zero-order valence-corrected chi connectivity index (χ0v) is 18.4. The SMILES string of the molecule is CN(C)c1ccc([N+](=O)[O-])cc1C(=O)NCc1ccc(S(=O)(=O)N2CCCCC2)cc1. The Hall–Kier alpha value is -2.98. The highest BCUT2D eigenvalue weighted by Crippen LogP contribution is 2.24. The predicted octanol–water partition coefficient (Wildman–Crippen LogP) is 2.77. The fraction of sp³-hybridized carbons (Fsp3) is 0.381. The topological polar surface area (TPSA) is 113 Å². The molecular formula is C21H26N4O5S. The van der Waals surface area contributed by atoms with Crippen molar-refractivity contribution in [3.8, 4) is 0 Å². The van der Waals surface area contributed by atoms with E-state index in [-0.39, 0.29) is 22.7 Å². The van der Waals surface area contributed by atoms with Crippen molar-refractivity contribution in [1.82, 2.24) is 9.62 Å². The molecule has 0 aromatic heterocycles. The van der Waals surface area contributed by atoms with Gasteiger partial charge in [0.15, 0.2) is 0 Å². The van der Waals surface area contributed by atoms with Crippen LogP contribution in [0.4, 0.5) is 11.4 Å². The van der Waals surface area contributed by atoms with Crippen LogP contribution in [0.2, 0.25) is 0 Å². The molecule has 166 valence electrons. The molecular weight excluding hydrogens is 420 g/mol. The average Bonchev–Trinajstić information content (AvgIpc) is 2.77. The van der Waals surface area contributed by atoms with Gasteiger partial charge in [0.25, 0.3) is 11.6 Å². The van der Waals surface area contributed by atoms with Gasteiger partial charge in [0.2, 0.25) is 10.0 Å². The Morgan fingerprint density at radius 2 is 1.74 bits per heavy atom. The summed E-state index contributed by atoms with van der Waals surface area (Å²) in [6, 6.07) is 10.6. The van der Waals surface area contributed by atoms with E-state index in [1.807, 2.05) is 0 Å². The summed E-state index contributed by atoms with van der Waals surface area (Å²) < 4.78 is 27.0. The zero-order chi connectivity index (χ0) is 22.6. The molecule has 3 rings (SSSR count). The lowest BCUT2D eigenvalue weighted by molar-refractivity contribution is -0.384. The van der Waals surface area contributed by atoms with Crippen LogP contribution in [0.15, 0.2) is 47.4 Å². The minimum absolute atomic E-state index is 0.164. The molecule has 1 heterocycles. The number of carbonyl (C=O) groups excluding carboxylic acids is 1. The van der Waals surface area contributed by atoms with Crippen molar-refractivity contribution in [2.24, 2.45) is 0 Å². The van der Waals surface area contributed by atoms with Crippen LogP contribution in [0.25, 0.3) is 0 Å². The molecule has 10 heteroatoms. The minimum Gasteiger partial charge on any atom is -0.377 e.